The molecule has 29 nitrogen and oxygen atoms in total. The summed E-state index contributed by atoms with van der Waals surface area (Å²) in [5.74, 6) is 1.11. The van der Waals surface area contributed by atoms with Crippen molar-refractivity contribution in [2.75, 3.05) is 149 Å². The molecule has 119 heavy (non-hydrogen) atoms. The Bertz CT molecular complexity index is 5790. The lowest BCUT2D eigenvalue weighted by molar-refractivity contribution is -0.0253. The number of aromatic nitrogens is 10. The summed E-state index contributed by atoms with van der Waals surface area (Å²) < 4.78 is 33.3. The van der Waals surface area contributed by atoms with E-state index in [4.69, 9.17) is 4.98 Å². The molecular weight excluding hydrogens is 1510 g/mol. The standard InChI is InChI=1S/C32H38N8O2.C31H37N9O2.C25H22F2N6O2/c1-22-4-3-11-40-27(20-34-30(22)40)24-6-7-26(29-25(24)19-35-31(29)41)36-28-8-5-23(18-33-28)39-12-9-32(42,10-13-39)21-38-16-14-37(2)15-17-38;1-37-13-15-39(16-14-37)20-31(42)7-11-40(12-8-31)21-3-4-26(33-17-21)36-25-19-34-28(24-18-35-30(41)27(24)25)22-5-9-32-29-23(22)6-10-38(29)2;26-14-5-8-33-20(12-29-23(33)9-14)16-2-3-19(24-17(16)11-30-25(24)35)31-22-4-1-15(10-28-22)32-7-6-21(34)18(27)13-32/h3-8,11,18,20,42H,9-10,12-17,19,21H2,1-2H3,(H,33,36)(H,35,41);3-6,9-10,17,19,42H,7-8,11-16,18,20H2,1-2H3,(H,33,36)(H,35,41);1-5,8-10,12,18,21,34H,6-7,11,13H2,(H,28,31)(H,30,35)/t;;18-,21-/m..0/s1. The van der Waals surface area contributed by atoms with Crippen LogP contribution in [0.1, 0.15) is 85.4 Å². The highest BCUT2D eigenvalue weighted by molar-refractivity contribution is 6.08. The molecule has 0 aliphatic carbocycles. The Morgan fingerprint density at radius 2 is 1.00 bits per heavy atom. The van der Waals surface area contributed by atoms with Crippen molar-refractivity contribution in [3.63, 3.8) is 0 Å². The molecule has 0 bridgehead atoms. The number of nitrogens with zero attached hydrogens (tertiary/aromatic N) is 17. The largest absolute Gasteiger partial charge is 0.390 e. The lowest BCUT2D eigenvalue weighted by Gasteiger charge is -2.43. The van der Waals surface area contributed by atoms with Crippen LogP contribution in [-0.2, 0) is 26.7 Å². The zero-order valence-electron chi connectivity index (χ0n) is 67.1. The molecule has 10 aromatic heterocycles. The van der Waals surface area contributed by atoms with Gasteiger partial charge in [-0.2, -0.15) is 0 Å². The zero-order valence-corrected chi connectivity index (χ0v) is 67.1. The number of β-amino-alcohol motifs (C(OH)–C–C–N with tert-alkyl or cyclic N) is 2. The summed E-state index contributed by atoms with van der Waals surface area (Å²) in [4.78, 5) is 86.5. The fraction of sp³-hybridized carbons (Fsp3) is 0.364. The number of benzene rings is 2. The summed E-state index contributed by atoms with van der Waals surface area (Å²) in [6.07, 6.45) is 19.2. The van der Waals surface area contributed by atoms with E-state index in [0.29, 0.717) is 83.8 Å². The van der Waals surface area contributed by atoms with Crippen LogP contribution in [0.2, 0.25) is 0 Å². The van der Waals surface area contributed by atoms with Gasteiger partial charge in [-0.15, -0.1) is 0 Å². The van der Waals surface area contributed by atoms with Gasteiger partial charge in [0.1, 0.15) is 46.4 Å². The van der Waals surface area contributed by atoms with Gasteiger partial charge in [0.05, 0.1) is 129 Å². The van der Waals surface area contributed by atoms with Crippen LogP contribution in [0.3, 0.4) is 0 Å². The van der Waals surface area contributed by atoms with Gasteiger partial charge < -0.3 is 76.3 Å². The molecule has 2 atom stereocenters. The zero-order chi connectivity index (χ0) is 81.8. The van der Waals surface area contributed by atoms with Gasteiger partial charge in [-0.1, -0.05) is 18.2 Å². The van der Waals surface area contributed by atoms with Crippen molar-refractivity contribution >= 4 is 91.6 Å². The van der Waals surface area contributed by atoms with Crippen LogP contribution < -0.4 is 46.6 Å². The Balaban J connectivity index is 0.000000123. The molecular formula is C88H97F2N23O6. The van der Waals surface area contributed by atoms with E-state index >= 15 is 0 Å². The number of halogens is 2. The number of imidazole rings is 2. The summed E-state index contributed by atoms with van der Waals surface area (Å²) >= 11 is 0. The summed E-state index contributed by atoms with van der Waals surface area (Å²) in [6, 6.07) is 30.1. The van der Waals surface area contributed by atoms with Crippen molar-refractivity contribution in [3.05, 3.63) is 204 Å². The first-order valence-electron chi connectivity index (χ1n) is 40.9. The average molecular weight is 1610 g/mol. The number of hydrogen-bond acceptors (Lipinski definition) is 23. The third-order valence-corrected chi connectivity index (χ3v) is 24.8. The third-order valence-electron chi connectivity index (χ3n) is 24.8. The molecule has 8 aliphatic heterocycles. The third kappa shape index (κ3) is 16.0. The Labute approximate surface area is 686 Å². The van der Waals surface area contributed by atoms with Gasteiger partial charge in [-0.05, 0) is 143 Å². The minimum atomic E-state index is -1.28. The van der Waals surface area contributed by atoms with Gasteiger partial charge in [0.25, 0.3) is 17.7 Å². The summed E-state index contributed by atoms with van der Waals surface area (Å²) in [7, 11) is 6.28. The van der Waals surface area contributed by atoms with E-state index in [1.54, 1.807) is 41.5 Å². The average Bonchev–Trinajstić information content (AvgIpc) is 1.65. The Morgan fingerprint density at radius 1 is 0.487 bits per heavy atom. The van der Waals surface area contributed by atoms with Crippen molar-refractivity contribution in [3.8, 4) is 33.8 Å². The molecule has 614 valence electrons. The number of anilines is 9. The number of alkyl halides is 1. The number of aliphatic hydroxyl groups is 3. The number of piperazine rings is 2. The van der Waals surface area contributed by atoms with Gasteiger partial charge in [-0.25, -0.2) is 38.7 Å². The summed E-state index contributed by atoms with van der Waals surface area (Å²) in [5.41, 5.74) is 16.7. The Hall–Kier alpha value is -12.1. The molecule has 3 amide bonds. The first-order chi connectivity index (χ1) is 57.7. The monoisotopic (exact) mass is 1610 g/mol. The van der Waals surface area contributed by atoms with Gasteiger partial charge in [0, 0.05) is 183 Å². The Morgan fingerprint density at radius 3 is 1.54 bits per heavy atom. The van der Waals surface area contributed by atoms with Crippen LogP contribution >= 0.6 is 0 Å². The summed E-state index contributed by atoms with van der Waals surface area (Å²) in [6.45, 7) is 17.0. The number of fused-ring (bicyclic) bond motifs is 6. The number of likely N-dealkylation sites (N-methyl/N-ethyl adjacent to an activating group) is 2. The van der Waals surface area contributed by atoms with E-state index in [0.717, 1.165) is 213 Å². The van der Waals surface area contributed by atoms with E-state index in [-0.39, 0.29) is 30.1 Å². The highest BCUT2D eigenvalue weighted by Gasteiger charge is 2.39. The number of nitrogens with one attached hydrogen (secondary N) is 6. The highest BCUT2D eigenvalue weighted by atomic mass is 19.1. The van der Waals surface area contributed by atoms with E-state index in [1.165, 1.54) is 12.1 Å². The Kier molecular flexibility index (Phi) is 21.4. The highest BCUT2D eigenvalue weighted by Crippen LogP contribution is 2.41. The number of carbonyl (C=O) groups excluding carboxylic acids is 3. The van der Waals surface area contributed by atoms with Crippen LogP contribution in [0.15, 0.2) is 159 Å². The normalized spacial score (nSPS) is 19.3. The SMILES string of the molecule is CN1CCN(CC2(O)CCN(c3ccc(Nc4cnc(-c5ccnc6c5ccn6C)c5c4C(=O)NC5)nc3)CC2)CC1.Cc1cccn2c(-c3ccc(Nc4ccc(N5CCC(O)(CN6CCN(C)CC6)CC5)cn4)c4c3CNC4=O)cnc12.O=C1NCc2c(-c3cnc4cc(F)ccn34)ccc(Nc3ccc(N4CC[C@H](O)[C@@H](F)C4)cn3)c21. The molecule has 0 saturated carbocycles. The minimum Gasteiger partial charge on any atom is -0.390 e. The molecule has 0 radical (unpaired) electrons. The van der Waals surface area contributed by atoms with Gasteiger partial charge in [0.15, 0.2) is 0 Å². The number of aryl methyl sites for hydroxylation is 2. The fourth-order valence-corrected chi connectivity index (χ4v) is 17.8. The topological polar surface area (TPSA) is 311 Å². The second-order valence-electron chi connectivity index (χ2n) is 32.7. The maximum Gasteiger partial charge on any atom is 0.254 e. The molecule has 31 heteroatoms. The van der Waals surface area contributed by atoms with E-state index < -0.39 is 23.5 Å². The number of amides is 3. The number of hydrogen-bond donors (Lipinski definition) is 9. The molecule has 8 aliphatic rings. The first-order valence-corrected chi connectivity index (χ1v) is 40.9. The van der Waals surface area contributed by atoms with Crippen molar-refractivity contribution in [1.29, 1.82) is 0 Å². The lowest BCUT2D eigenvalue weighted by atomic mass is 9.90. The molecule has 2 aromatic carbocycles. The van der Waals surface area contributed by atoms with Crippen molar-refractivity contribution in [1.82, 2.24) is 83.8 Å². The molecule has 9 N–H and O–H groups in total. The quantitative estimate of drug-likeness (QED) is 0.0435. The molecule has 18 heterocycles. The lowest BCUT2D eigenvalue weighted by Crippen LogP contribution is -2.54. The van der Waals surface area contributed by atoms with Crippen LogP contribution in [0.4, 0.5) is 60.4 Å². The van der Waals surface area contributed by atoms with E-state index in [9.17, 15) is 38.5 Å². The number of carbonyl (C=O) groups is 3. The smallest absolute Gasteiger partial charge is 0.254 e. The summed E-state index contributed by atoms with van der Waals surface area (Å²) in [5, 5.41) is 51.9. The van der Waals surface area contributed by atoms with Crippen molar-refractivity contribution in [2.24, 2.45) is 7.05 Å². The van der Waals surface area contributed by atoms with E-state index in [1.807, 2.05) is 121 Å². The number of pyridine rings is 7. The fourth-order valence-electron chi connectivity index (χ4n) is 17.8. The van der Waals surface area contributed by atoms with Crippen LogP contribution in [0.5, 0.6) is 0 Å². The van der Waals surface area contributed by atoms with Gasteiger partial charge in [0.2, 0.25) is 0 Å². The predicted molar refractivity (Wildman–Crippen MR) is 454 cm³/mol. The second-order valence-corrected chi connectivity index (χ2v) is 32.7. The number of aliphatic hydroxyl groups excluding tert-OH is 1. The molecule has 0 spiro atoms. The maximum atomic E-state index is 13.9. The van der Waals surface area contributed by atoms with Gasteiger partial charge in [-0.3, -0.25) is 38.0 Å². The van der Waals surface area contributed by atoms with E-state index in [2.05, 4.69) is 122 Å². The van der Waals surface area contributed by atoms with Crippen LogP contribution in [0.25, 0.3) is 56.1 Å². The van der Waals surface area contributed by atoms with Gasteiger partial charge >= 0.3 is 0 Å². The van der Waals surface area contributed by atoms with Crippen molar-refractivity contribution in [2.45, 2.75) is 82.1 Å². The number of rotatable bonds is 16. The minimum absolute atomic E-state index is 0.0895. The molecule has 12 aromatic rings. The second kappa shape index (κ2) is 32.7. The van der Waals surface area contributed by atoms with Crippen LogP contribution in [-0.4, -0.2) is 243 Å². The molecule has 5 fully saturated rings. The van der Waals surface area contributed by atoms with Crippen LogP contribution in [0, 0.1) is 12.7 Å². The van der Waals surface area contributed by atoms with Crippen molar-refractivity contribution < 1.29 is 38.5 Å². The molecule has 0 unspecified atom stereocenters. The first kappa shape index (κ1) is 78.1. The number of piperidine rings is 3. The maximum absolute atomic E-state index is 13.9. The predicted octanol–water partition coefficient (Wildman–Crippen LogP) is 9.30. The molecule has 20 rings (SSSR count). The molecule has 5 saturated heterocycles.